The van der Waals surface area contributed by atoms with E-state index in [1.165, 1.54) is 6.92 Å². The highest BCUT2D eigenvalue weighted by Gasteiger charge is 2.25. The van der Waals surface area contributed by atoms with Crippen LogP contribution in [-0.2, 0) is 9.53 Å². The molecule has 1 aromatic rings. The Labute approximate surface area is 147 Å². The van der Waals surface area contributed by atoms with Crippen LogP contribution in [0, 0.1) is 0 Å². The highest BCUT2D eigenvalue weighted by Crippen LogP contribution is 2.14. The zero-order valence-corrected chi connectivity index (χ0v) is 14.8. The van der Waals surface area contributed by atoms with Gasteiger partial charge < -0.3 is 19.9 Å². The molecule has 1 aliphatic heterocycles. The maximum Gasteiger partial charge on any atom is 0.409 e. The summed E-state index contributed by atoms with van der Waals surface area (Å²) in [4.78, 5) is 39.0. The second kappa shape index (κ2) is 9.05. The van der Waals surface area contributed by atoms with E-state index in [-0.39, 0.29) is 17.9 Å². The molecule has 1 fully saturated rings. The summed E-state index contributed by atoms with van der Waals surface area (Å²) < 4.78 is 5.20. The van der Waals surface area contributed by atoms with Crippen molar-refractivity contribution >= 4 is 23.6 Å². The summed E-state index contributed by atoms with van der Waals surface area (Å²) >= 11 is 0. The quantitative estimate of drug-likeness (QED) is 0.829. The Morgan fingerprint density at radius 3 is 2.44 bits per heavy atom. The predicted molar refractivity (Wildman–Crippen MR) is 94.5 cm³/mol. The molecule has 7 nitrogen and oxygen atoms in total. The minimum Gasteiger partial charge on any atom is -0.449 e. The molecule has 0 bridgehead atoms. The van der Waals surface area contributed by atoms with Crippen LogP contribution in [0.15, 0.2) is 24.3 Å². The number of carbonyl (C=O) groups excluding carboxylic acids is 3. The van der Waals surface area contributed by atoms with Crippen LogP contribution >= 0.6 is 0 Å². The molecule has 1 saturated heterocycles. The summed E-state index contributed by atoms with van der Waals surface area (Å²) in [5.74, 6) is -0.286. The molecule has 1 aromatic carbocycles. The van der Waals surface area contributed by atoms with E-state index >= 15 is 0 Å². The lowest BCUT2D eigenvalue weighted by molar-refractivity contribution is -0.114. The lowest BCUT2D eigenvalue weighted by atomic mass is 10.1. The molecule has 3 amide bonds. The first-order valence-corrected chi connectivity index (χ1v) is 8.60. The second-order valence-corrected chi connectivity index (χ2v) is 6.01. The van der Waals surface area contributed by atoms with E-state index in [0.29, 0.717) is 44.0 Å². The van der Waals surface area contributed by atoms with Gasteiger partial charge in [-0.3, -0.25) is 9.59 Å². The monoisotopic (exact) mass is 347 g/mol. The molecule has 0 atom stereocenters. The molecule has 0 spiro atoms. The number of ether oxygens (including phenoxy) is 1. The average Bonchev–Trinajstić information content (AvgIpc) is 2.61. The Balaban J connectivity index is 1.88. The normalized spacial score (nSPS) is 14.2. The maximum atomic E-state index is 12.6. The van der Waals surface area contributed by atoms with E-state index in [1.807, 2.05) is 6.92 Å². The number of anilines is 1. The summed E-state index contributed by atoms with van der Waals surface area (Å²) in [6, 6.07) is 6.86. The second-order valence-electron chi connectivity index (χ2n) is 6.01. The third-order valence-corrected chi connectivity index (χ3v) is 3.98. The van der Waals surface area contributed by atoms with Crippen molar-refractivity contribution in [1.29, 1.82) is 0 Å². The molecule has 136 valence electrons. The van der Waals surface area contributed by atoms with E-state index in [1.54, 1.807) is 34.1 Å². The first kappa shape index (κ1) is 18.8. The van der Waals surface area contributed by atoms with Crippen molar-refractivity contribution in [2.75, 3.05) is 38.1 Å². The predicted octanol–water partition coefficient (Wildman–Crippen LogP) is 2.34. The first-order valence-electron chi connectivity index (χ1n) is 8.60. The molecule has 1 aliphatic rings. The Morgan fingerprint density at radius 2 is 1.80 bits per heavy atom. The number of piperazine rings is 1. The van der Waals surface area contributed by atoms with Gasteiger partial charge in [0, 0.05) is 44.4 Å². The van der Waals surface area contributed by atoms with Gasteiger partial charge in [0.2, 0.25) is 5.91 Å². The van der Waals surface area contributed by atoms with Gasteiger partial charge in [-0.05, 0) is 24.6 Å². The van der Waals surface area contributed by atoms with E-state index in [2.05, 4.69) is 5.32 Å². The molecule has 7 heteroatoms. The van der Waals surface area contributed by atoms with Crippen LogP contribution in [0.25, 0.3) is 0 Å². The number of amides is 3. The number of nitrogens with zero attached hydrogens (tertiary/aromatic N) is 2. The van der Waals surface area contributed by atoms with Gasteiger partial charge in [-0.25, -0.2) is 4.79 Å². The fourth-order valence-corrected chi connectivity index (χ4v) is 2.60. The first-order chi connectivity index (χ1) is 12.0. The lowest BCUT2D eigenvalue weighted by Crippen LogP contribution is -2.50. The van der Waals surface area contributed by atoms with Crippen molar-refractivity contribution in [3.63, 3.8) is 0 Å². The molecule has 0 saturated carbocycles. The Bertz CT molecular complexity index is 625. The summed E-state index contributed by atoms with van der Waals surface area (Å²) in [7, 11) is 0. The summed E-state index contributed by atoms with van der Waals surface area (Å²) in [5.41, 5.74) is 1.11. The molecule has 0 unspecified atom stereocenters. The minimum atomic E-state index is -0.312. The SMILES string of the molecule is CCCCOC(=O)N1CCN(C(=O)c2cccc(NC(C)=O)c2)CC1. The van der Waals surface area contributed by atoms with Crippen molar-refractivity contribution in [2.24, 2.45) is 0 Å². The van der Waals surface area contributed by atoms with Gasteiger partial charge in [0.25, 0.3) is 5.91 Å². The van der Waals surface area contributed by atoms with Crippen LogP contribution in [0.4, 0.5) is 10.5 Å². The Morgan fingerprint density at radius 1 is 1.12 bits per heavy atom. The van der Waals surface area contributed by atoms with Crippen molar-refractivity contribution < 1.29 is 19.1 Å². The lowest BCUT2D eigenvalue weighted by Gasteiger charge is -2.34. The van der Waals surface area contributed by atoms with Gasteiger partial charge in [0.05, 0.1) is 6.61 Å². The van der Waals surface area contributed by atoms with Crippen LogP contribution in [-0.4, -0.2) is 60.5 Å². The van der Waals surface area contributed by atoms with Crippen LogP contribution in [0.3, 0.4) is 0 Å². The van der Waals surface area contributed by atoms with Gasteiger partial charge in [0.15, 0.2) is 0 Å². The van der Waals surface area contributed by atoms with E-state index in [0.717, 1.165) is 12.8 Å². The third-order valence-electron chi connectivity index (χ3n) is 3.98. The molecule has 1 N–H and O–H groups in total. The fraction of sp³-hybridized carbons (Fsp3) is 0.500. The number of benzene rings is 1. The van der Waals surface area contributed by atoms with Crippen LogP contribution in [0.2, 0.25) is 0 Å². The molecular weight excluding hydrogens is 322 g/mol. The van der Waals surface area contributed by atoms with Gasteiger partial charge in [-0.15, -0.1) is 0 Å². The van der Waals surface area contributed by atoms with E-state index < -0.39 is 0 Å². The van der Waals surface area contributed by atoms with Crippen LogP contribution in [0.1, 0.15) is 37.0 Å². The van der Waals surface area contributed by atoms with E-state index in [4.69, 9.17) is 4.74 Å². The molecule has 0 aliphatic carbocycles. The Hall–Kier alpha value is -2.57. The van der Waals surface area contributed by atoms with Crippen LogP contribution < -0.4 is 5.32 Å². The van der Waals surface area contributed by atoms with Crippen molar-refractivity contribution in [2.45, 2.75) is 26.7 Å². The molecule has 25 heavy (non-hydrogen) atoms. The Kier molecular flexibility index (Phi) is 6.80. The molecule has 1 heterocycles. The van der Waals surface area contributed by atoms with Crippen molar-refractivity contribution in [3.8, 4) is 0 Å². The number of hydrogen-bond acceptors (Lipinski definition) is 4. The number of carbonyl (C=O) groups is 3. The zero-order valence-electron chi connectivity index (χ0n) is 14.8. The summed E-state index contributed by atoms with van der Waals surface area (Å²) in [5, 5.41) is 2.67. The average molecular weight is 347 g/mol. The molecular formula is C18H25N3O4. The molecule has 0 aromatic heterocycles. The van der Waals surface area contributed by atoms with E-state index in [9.17, 15) is 14.4 Å². The third kappa shape index (κ3) is 5.48. The minimum absolute atomic E-state index is 0.105. The topological polar surface area (TPSA) is 79.0 Å². The highest BCUT2D eigenvalue weighted by atomic mass is 16.6. The number of unbranched alkanes of at least 4 members (excludes halogenated alkanes) is 1. The standard InChI is InChI=1S/C18H25N3O4/c1-3-4-12-25-18(24)21-10-8-20(9-11-21)17(23)15-6-5-7-16(13-15)19-14(2)22/h5-7,13H,3-4,8-12H2,1-2H3,(H,19,22). The van der Waals surface area contributed by atoms with Crippen molar-refractivity contribution in [1.82, 2.24) is 9.80 Å². The largest absolute Gasteiger partial charge is 0.449 e. The fourth-order valence-electron chi connectivity index (χ4n) is 2.60. The summed E-state index contributed by atoms with van der Waals surface area (Å²) in [6.45, 7) is 5.75. The smallest absolute Gasteiger partial charge is 0.409 e. The molecule has 0 radical (unpaired) electrons. The van der Waals surface area contributed by atoms with Crippen LogP contribution in [0.5, 0.6) is 0 Å². The number of rotatable bonds is 5. The highest BCUT2D eigenvalue weighted by molar-refractivity contribution is 5.97. The zero-order chi connectivity index (χ0) is 18.2. The van der Waals surface area contributed by atoms with Gasteiger partial charge >= 0.3 is 6.09 Å². The van der Waals surface area contributed by atoms with Gasteiger partial charge in [0.1, 0.15) is 0 Å². The number of nitrogens with one attached hydrogen (secondary N) is 1. The van der Waals surface area contributed by atoms with Gasteiger partial charge in [-0.2, -0.15) is 0 Å². The summed E-state index contributed by atoms with van der Waals surface area (Å²) in [6.07, 6.45) is 1.52. The molecule has 2 rings (SSSR count). The number of hydrogen-bond donors (Lipinski definition) is 1. The maximum absolute atomic E-state index is 12.6. The van der Waals surface area contributed by atoms with Gasteiger partial charge in [-0.1, -0.05) is 19.4 Å². The van der Waals surface area contributed by atoms with Crippen molar-refractivity contribution in [3.05, 3.63) is 29.8 Å².